The van der Waals surface area contributed by atoms with Crippen molar-refractivity contribution in [2.75, 3.05) is 0 Å². The molecular weight excluding hydrogens is 200 g/mol. The van der Waals surface area contributed by atoms with E-state index in [1.165, 1.54) is 0 Å². The van der Waals surface area contributed by atoms with E-state index >= 15 is 0 Å². The van der Waals surface area contributed by atoms with Gasteiger partial charge in [0.1, 0.15) is 11.9 Å². The van der Waals surface area contributed by atoms with Gasteiger partial charge in [-0.25, -0.2) is 0 Å². The Labute approximate surface area is 96.6 Å². The van der Waals surface area contributed by atoms with Crippen LogP contribution >= 0.6 is 0 Å². The minimum absolute atomic E-state index is 0.113. The molecule has 0 radical (unpaired) electrons. The minimum atomic E-state index is 0.113. The largest absolute Gasteiger partial charge is 0.489 e. The Morgan fingerprint density at radius 3 is 2.62 bits per heavy atom. The average molecular weight is 218 g/mol. The third-order valence-corrected chi connectivity index (χ3v) is 3.11. The molecule has 1 unspecified atom stereocenters. The zero-order chi connectivity index (χ0) is 11.9. The fourth-order valence-electron chi connectivity index (χ4n) is 1.95. The second kappa shape index (κ2) is 3.62. The van der Waals surface area contributed by atoms with Crippen LogP contribution in [0.5, 0.6) is 5.75 Å². The first-order valence-corrected chi connectivity index (χ1v) is 5.68. The quantitative estimate of drug-likeness (QED) is 0.676. The summed E-state index contributed by atoms with van der Waals surface area (Å²) in [5.74, 6) is 1.05. The van der Waals surface area contributed by atoms with Crippen molar-refractivity contribution in [3.63, 3.8) is 0 Å². The molecule has 0 bridgehead atoms. The van der Waals surface area contributed by atoms with Gasteiger partial charge in [-0.1, -0.05) is 20.8 Å². The first-order chi connectivity index (χ1) is 7.38. The van der Waals surface area contributed by atoms with E-state index in [9.17, 15) is 4.79 Å². The van der Waals surface area contributed by atoms with E-state index in [2.05, 4.69) is 20.8 Å². The summed E-state index contributed by atoms with van der Waals surface area (Å²) in [6, 6.07) is 5.72. The fraction of sp³-hybridized carbons (Fsp3) is 0.500. The lowest BCUT2D eigenvalue weighted by atomic mass is 9.86. The Morgan fingerprint density at radius 1 is 1.38 bits per heavy atom. The SMILES string of the molecule is CC(=O)c1ccc2c(c1)CC(C(C)(C)C)O2. The molecule has 2 rings (SSSR count). The lowest BCUT2D eigenvalue weighted by molar-refractivity contribution is 0.101. The highest BCUT2D eigenvalue weighted by molar-refractivity contribution is 5.94. The summed E-state index contributed by atoms with van der Waals surface area (Å²) < 4.78 is 5.89. The average Bonchev–Trinajstić information content (AvgIpc) is 2.58. The molecule has 0 N–H and O–H groups in total. The second-order valence-electron chi connectivity index (χ2n) is 5.56. The number of hydrogen-bond acceptors (Lipinski definition) is 2. The van der Waals surface area contributed by atoms with Crippen LogP contribution in [0.15, 0.2) is 18.2 Å². The van der Waals surface area contributed by atoms with Gasteiger partial charge in [0.25, 0.3) is 0 Å². The van der Waals surface area contributed by atoms with E-state index in [0.717, 1.165) is 23.3 Å². The van der Waals surface area contributed by atoms with Crippen molar-refractivity contribution in [2.24, 2.45) is 5.41 Å². The van der Waals surface area contributed by atoms with E-state index in [1.807, 2.05) is 18.2 Å². The first-order valence-electron chi connectivity index (χ1n) is 5.68. The Hall–Kier alpha value is -1.31. The van der Waals surface area contributed by atoms with E-state index in [1.54, 1.807) is 6.92 Å². The van der Waals surface area contributed by atoms with Crippen molar-refractivity contribution in [3.8, 4) is 5.75 Å². The molecular formula is C14H18O2. The van der Waals surface area contributed by atoms with E-state index in [4.69, 9.17) is 4.74 Å². The molecule has 0 spiro atoms. The predicted octanol–water partition coefficient (Wildman–Crippen LogP) is 3.24. The number of Topliss-reactive ketones (excluding diaryl/α,β-unsaturated/α-hetero) is 1. The first kappa shape index (κ1) is 11.2. The Balaban J connectivity index is 2.28. The normalized spacial score (nSPS) is 19.1. The summed E-state index contributed by atoms with van der Waals surface area (Å²) in [5, 5.41) is 0. The molecule has 1 atom stereocenters. The summed E-state index contributed by atoms with van der Waals surface area (Å²) >= 11 is 0. The molecule has 1 aromatic carbocycles. The van der Waals surface area contributed by atoms with Crippen LogP contribution in [0.25, 0.3) is 0 Å². The van der Waals surface area contributed by atoms with Gasteiger partial charge in [0, 0.05) is 12.0 Å². The lowest BCUT2D eigenvalue weighted by Gasteiger charge is -2.25. The molecule has 0 aromatic heterocycles. The number of ketones is 1. The van der Waals surface area contributed by atoms with Crippen LogP contribution < -0.4 is 4.74 Å². The summed E-state index contributed by atoms with van der Waals surface area (Å²) in [4.78, 5) is 11.3. The smallest absolute Gasteiger partial charge is 0.159 e. The zero-order valence-corrected chi connectivity index (χ0v) is 10.3. The molecule has 0 amide bonds. The molecule has 0 saturated heterocycles. The van der Waals surface area contributed by atoms with Gasteiger partial charge in [0.2, 0.25) is 0 Å². The number of carbonyl (C=O) groups is 1. The van der Waals surface area contributed by atoms with Crippen molar-refractivity contribution in [1.82, 2.24) is 0 Å². The van der Waals surface area contributed by atoms with Crippen LogP contribution in [0.4, 0.5) is 0 Å². The third-order valence-electron chi connectivity index (χ3n) is 3.11. The molecule has 2 nitrogen and oxygen atoms in total. The highest BCUT2D eigenvalue weighted by Crippen LogP contribution is 2.36. The van der Waals surface area contributed by atoms with Crippen LogP contribution in [0, 0.1) is 5.41 Å². The number of ether oxygens (including phenoxy) is 1. The molecule has 1 aliphatic rings. The Kier molecular flexibility index (Phi) is 2.53. The van der Waals surface area contributed by atoms with Gasteiger partial charge < -0.3 is 4.74 Å². The maximum Gasteiger partial charge on any atom is 0.159 e. The second-order valence-corrected chi connectivity index (χ2v) is 5.56. The molecule has 16 heavy (non-hydrogen) atoms. The molecule has 1 heterocycles. The summed E-state index contributed by atoms with van der Waals surface area (Å²) in [7, 11) is 0. The van der Waals surface area contributed by atoms with Crippen molar-refractivity contribution >= 4 is 5.78 Å². The molecule has 1 aromatic rings. The Bertz CT molecular complexity index is 427. The van der Waals surface area contributed by atoms with Gasteiger partial charge in [-0.05, 0) is 36.1 Å². The predicted molar refractivity (Wildman–Crippen MR) is 64.0 cm³/mol. The minimum Gasteiger partial charge on any atom is -0.489 e. The van der Waals surface area contributed by atoms with Gasteiger partial charge in [-0.3, -0.25) is 4.79 Å². The summed E-state index contributed by atoms with van der Waals surface area (Å²) in [6.45, 7) is 8.12. The number of fused-ring (bicyclic) bond motifs is 1. The van der Waals surface area contributed by atoms with Crippen molar-refractivity contribution in [2.45, 2.75) is 40.2 Å². The maximum absolute atomic E-state index is 11.3. The van der Waals surface area contributed by atoms with Crippen LogP contribution in [-0.2, 0) is 6.42 Å². The number of carbonyl (C=O) groups excluding carboxylic acids is 1. The maximum atomic E-state index is 11.3. The molecule has 0 saturated carbocycles. The van der Waals surface area contributed by atoms with Crippen LogP contribution in [-0.4, -0.2) is 11.9 Å². The van der Waals surface area contributed by atoms with Crippen molar-refractivity contribution < 1.29 is 9.53 Å². The van der Waals surface area contributed by atoms with Gasteiger partial charge in [-0.2, -0.15) is 0 Å². The fourth-order valence-corrected chi connectivity index (χ4v) is 1.95. The standard InChI is InChI=1S/C14H18O2/c1-9(15)10-5-6-12-11(7-10)8-13(16-12)14(2,3)4/h5-7,13H,8H2,1-4H3. The van der Waals surface area contributed by atoms with E-state index < -0.39 is 0 Å². The molecule has 0 aliphatic carbocycles. The lowest BCUT2D eigenvalue weighted by Crippen LogP contribution is -2.30. The Morgan fingerprint density at radius 2 is 2.06 bits per heavy atom. The number of rotatable bonds is 1. The van der Waals surface area contributed by atoms with Crippen molar-refractivity contribution in [1.29, 1.82) is 0 Å². The molecule has 86 valence electrons. The van der Waals surface area contributed by atoms with Crippen molar-refractivity contribution in [3.05, 3.63) is 29.3 Å². The third kappa shape index (κ3) is 1.97. The van der Waals surface area contributed by atoms with Gasteiger partial charge in [0.15, 0.2) is 5.78 Å². The van der Waals surface area contributed by atoms with Gasteiger partial charge >= 0.3 is 0 Å². The number of benzene rings is 1. The van der Waals surface area contributed by atoms with E-state index in [-0.39, 0.29) is 17.3 Å². The topological polar surface area (TPSA) is 26.3 Å². The van der Waals surface area contributed by atoms with Crippen LogP contribution in [0.1, 0.15) is 43.6 Å². The summed E-state index contributed by atoms with van der Waals surface area (Å²) in [6.07, 6.45) is 1.12. The summed E-state index contributed by atoms with van der Waals surface area (Å²) in [5.41, 5.74) is 2.07. The van der Waals surface area contributed by atoms with Gasteiger partial charge in [0.05, 0.1) is 0 Å². The monoisotopic (exact) mass is 218 g/mol. The zero-order valence-electron chi connectivity index (χ0n) is 10.3. The molecule has 1 aliphatic heterocycles. The van der Waals surface area contributed by atoms with Crippen LogP contribution in [0.3, 0.4) is 0 Å². The molecule has 2 heteroatoms. The van der Waals surface area contributed by atoms with Gasteiger partial charge in [-0.15, -0.1) is 0 Å². The molecule has 0 fully saturated rings. The highest BCUT2D eigenvalue weighted by atomic mass is 16.5. The number of hydrogen-bond donors (Lipinski definition) is 0. The highest BCUT2D eigenvalue weighted by Gasteiger charge is 2.32. The van der Waals surface area contributed by atoms with Crippen LogP contribution in [0.2, 0.25) is 0 Å². The van der Waals surface area contributed by atoms with E-state index in [0.29, 0.717) is 0 Å².